The van der Waals surface area contributed by atoms with Crippen molar-refractivity contribution in [1.29, 1.82) is 0 Å². The number of hydrogen-bond donors (Lipinski definition) is 2. The summed E-state index contributed by atoms with van der Waals surface area (Å²) in [6.45, 7) is 18.6. The molecule has 0 bridgehead atoms. The molecule has 31 heavy (non-hydrogen) atoms. The summed E-state index contributed by atoms with van der Waals surface area (Å²) in [6, 6.07) is -0.188. The molecule has 182 valence electrons. The Morgan fingerprint density at radius 1 is 1.06 bits per heavy atom. The summed E-state index contributed by atoms with van der Waals surface area (Å²) < 4.78 is 22.8. The van der Waals surface area contributed by atoms with E-state index in [2.05, 4.69) is 0 Å². The van der Waals surface area contributed by atoms with Gasteiger partial charge in [0.15, 0.2) is 17.7 Å². The zero-order valence-electron chi connectivity index (χ0n) is 21.2. The number of ether oxygens (including phenoxy) is 4. The lowest BCUT2D eigenvalue weighted by Crippen LogP contribution is -3.19. The minimum Gasteiger partial charge on any atom is -0.630 e. The van der Waals surface area contributed by atoms with Crippen molar-refractivity contribution in [3.05, 3.63) is 5.21 Å². The van der Waals surface area contributed by atoms with Crippen molar-refractivity contribution in [2.24, 2.45) is 5.73 Å². The average Bonchev–Trinajstić information content (AvgIpc) is 2.62. The molecule has 0 aliphatic rings. The molecule has 5 atom stereocenters. The van der Waals surface area contributed by atoms with E-state index in [0.29, 0.717) is 19.6 Å². The summed E-state index contributed by atoms with van der Waals surface area (Å²) in [6.07, 6.45) is -1.11. The van der Waals surface area contributed by atoms with Gasteiger partial charge in [-0.05, 0) is 46.4 Å². The van der Waals surface area contributed by atoms with Gasteiger partial charge in [-0.15, -0.1) is 0 Å². The van der Waals surface area contributed by atoms with Gasteiger partial charge in [-0.25, -0.2) is 0 Å². The van der Waals surface area contributed by atoms with E-state index in [-0.39, 0.29) is 29.6 Å². The average molecular weight is 444 g/mol. The van der Waals surface area contributed by atoms with E-state index in [9.17, 15) is 10.0 Å². The van der Waals surface area contributed by atoms with Crippen LogP contribution in [0.25, 0.3) is 0 Å². The van der Waals surface area contributed by atoms with Crippen LogP contribution in [0.4, 0.5) is 0 Å². The third-order valence-corrected chi connectivity index (χ3v) is 5.05. The van der Waals surface area contributed by atoms with Gasteiger partial charge in [0.1, 0.15) is 12.7 Å². The van der Waals surface area contributed by atoms with Crippen molar-refractivity contribution in [3.8, 4) is 0 Å². The standard InChI is InChI=1S/C22H45BN2O6/c1-15(24)16(2)31-17(3)19(26)13-28-18(4)25(27)22(9,10)29-12-11-21(7,8)30-14-20(5,6)23/h15-18,25H,11-14,24H2,1-10H3. The van der Waals surface area contributed by atoms with Crippen molar-refractivity contribution in [3.63, 3.8) is 0 Å². The van der Waals surface area contributed by atoms with Crippen LogP contribution >= 0.6 is 0 Å². The lowest BCUT2D eigenvalue weighted by Gasteiger charge is -2.41. The molecule has 5 unspecified atom stereocenters. The third kappa shape index (κ3) is 12.9. The number of carbonyl (C=O) groups is 1. The van der Waals surface area contributed by atoms with Crippen LogP contribution in [-0.4, -0.2) is 69.3 Å². The minimum atomic E-state index is -1.06. The van der Waals surface area contributed by atoms with Gasteiger partial charge in [-0.1, -0.05) is 13.8 Å². The second-order valence-electron chi connectivity index (χ2n) is 10.3. The van der Waals surface area contributed by atoms with Gasteiger partial charge in [0.2, 0.25) is 0 Å². The summed E-state index contributed by atoms with van der Waals surface area (Å²) in [4.78, 5) is 12.2. The fourth-order valence-electron chi connectivity index (χ4n) is 2.49. The highest BCUT2D eigenvalue weighted by Gasteiger charge is 2.32. The van der Waals surface area contributed by atoms with Crippen LogP contribution in [0.3, 0.4) is 0 Å². The number of Topliss-reactive ketones (excluding diaryl/α,β-unsaturated/α-hetero) is 1. The van der Waals surface area contributed by atoms with Gasteiger partial charge in [-0.3, -0.25) is 4.79 Å². The molecule has 0 saturated carbocycles. The van der Waals surface area contributed by atoms with Crippen LogP contribution in [0.15, 0.2) is 0 Å². The SMILES string of the molecule is [B]C(C)(C)COC(C)(C)CCOC(C)(C)[NH+]([O-])C(C)OCC(=O)C(C)OC(C)C(C)N. The maximum absolute atomic E-state index is 12.8. The van der Waals surface area contributed by atoms with E-state index in [0.717, 1.165) is 0 Å². The van der Waals surface area contributed by atoms with E-state index in [1.807, 2.05) is 41.5 Å². The Morgan fingerprint density at radius 3 is 2.10 bits per heavy atom. The van der Waals surface area contributed by atoms with Gasteiger partial charge in [-0.2, -0.15) is 0 Å². The first kappa shape index (κ1) is 30.5. The lowest BCUT2D eigenvalue weighted by atomic mass is 9.73. The number of ketones is 1. The Bertz CT molecular complexity index is 537. The number of hydrogen-bond acceptors (Lipinski definition) is 7. The second kappa shape index (κ2) is 12.6. The van der Waals surface area contributed by atoms with E-state index >= 15 is 0 Å². The first-order valence-electron chi connectivity index (χ1n) is 11.0. The highest BCUT2D eigenvalue weighted by atomic mass is 16.6. The van der Waals surface area contributed by atoms with Crippen LogP contribution < -0.4 is 10.8 Å². The fourth-order valence-corrected chi connectivity index (χ4v) is 2.49. The maximum atomic E-state index is 12.8. The number of nitrogens with one attached hydrogen (secondary N) is 1. The number of carbonyl (C=O) groups excluding carboxylic acids is 1. The van der Waals surface area contributed by atoms with Crippen LogP contribution in [0.1, 0.15) is 75.7 Å². The molecule has 0 fully saturated rings. The highest BCUT2D eigenvalue weighted by molar-refractivity contribution is 6.14. The third-order valence-electron chi connectivity index (χ3n) is 5.05. The first-order chi connectivity index (χ1) is 13.9. The topological polar surface area (TPSA) is 108 Å². The Labute approximate surface area is 190 Å². The molecule has 0 rings (SSSR count). The molecule has 0 aromatic rings. The van der Waals surface area contributed by atoms with Crippen LogP contribution in [-0.2, 0) is 23.7 Å². The maximum Gasteiger partial charge on any atom is 0.197 e. The second-order valence-corrected chi connectivity index (χ2v) is 10.3. The van der Waals surface area contributed by atoms with Crippen molar-refractivity contribution >= 4 is 13.6 Å². The monoisotopic (exact) mass is 444 g/mol. The zero-order valence-corrected chi connectivity index (χ0v) is 21.2. The van der Waals surface area contributed by atoms with Gasteiger partial charge in [0.05, 0.1) is 26.2 Å². The largest absolute Gasteiger partial charge is 0.630 e. The number of quaternary nitrogens is 1. The highest BCUT2D eigenvalue weighted by Crippen LogP contribution is 2.24. The molecule has 0 aromatic carbocycles. The Kier molecular flexibility index (Phi) is 12.4. The molecule has 0 saturated heterocycles. The molecule has 9 heteroatoms. The molecular weight excluding hydrogens is 399 g/mol. The van der Waals surface area contributed by atoms with Crippen LogP contribution in [0, 0.1) is 5.21 Å². The molecule has 8 nitrogen and oxygen atoms in total. The summed E-state index contributed by atoms with van der Waals surface area (Å²) in [7, 11) is 5.97. The van der Waals surface area contributed by atoms with Crippen LogP contribution in [0.2, 0.25) is 5.31 Å². The molecule has 2 radical (unpaired) electrons. The van der Waals surface area contributed by atoms with Gasteiger partial charge in [0.25, 0.3) is 0 Å². The minimum absolute atomic E-state index is 0.188. The summed E-state index contributed by atoms with van der Waals surface area (Å²) >= 11 is 0. The van der Waals surface area contributed by atoms with Crippen molar-refractivity contribution < 1.29 is 28.8 Å². The van der Waals surface area contributed by atoms with Crippen molar-refractivity contribution in [2.75, 3.05) is 19.8 Å². The predicted octanol–water partition coefficient (Wildman–Crippen LogP) is 1.75. The summed E-state index contributed by atoms with van der Waals surface area (Å²) in [5.41, 5.74) is 4.27. The van der Waals surface area contributed by atoms with Gasteiger partial charge >= 0.3 is 0 Å². The number of nitrogens with two attached hydrogens (primary N) is 1. The molecule has 3 N–H and O–H groups in total. The quantitative estimate of drug-likeness (QED) is 0.212. The number of hydroxylamine groups is 2. The normalized spacial score (nSPS) is 18.3. The molecule has 0 spiro atoms. The van der Waals surface area contributed by atoms with Gasteiger partial charge in [0, 0.05) is 33.4 Å². The molecule has 0 aromatic heterocycles. The smallest absolute Gasteiger partial charge is 0.197 e. The first-order valence-corrected chi connectivity index (χ1v) is 11.0. The lowest BCUT2D eigenvalue weighted by molar-refractivity contribution is -0.971. The molecule has 0 aliphatic heterocycles. The van der Waals surface area contributed by atoms with E-state index < -0.39 is 29.0 Å². The predicted molar refractivity (Wildman–Crippen MR) is 123 cm³/mol. The molecular formula is C22H45BN2O6. The van der Waals surface area contributed by atoms with E-state index in [4.69, 9.17) is 32.5 Å². The van der Waals surface area contributed by atoms with E-state index in [1.165, 1.54) is 0 Å². The molecule has 0 heterocycles. The fraction of sp³-hybridized carbons (Fsp3) is 0.955. The van der Waals surface area contributed by atoms with E-state index in [1.54, 1.807) is 27.7 Å². The Balaban J connectivity index is 4.52. The van der Waals surface area contributed by atoms with Crippen molar-refractivity contribution in [1.82, 2.24) is 0 Å². The summed E-state index contributed by atoms with van der Waals surface area (Å²) in [5, 5.41) is 12.1. The number of rotatable bonds is 16. The Hall–Kier alpha value is -0.545. The molecule has 0 amide bonds. The van der Waals surface area contributed by atoms with Crippen molar-refractivity contribution in [2.45, 2.75) is 117 Å². The molecule has 0 aliphatic carbocycles. The Morgan fingerprint density at radius 2 is 1.61 bits per heavy atom. The van der Waals surface area contributed by atoms with Gasteiger partial charge < -0.3 is 35.0 Å². The zero-order chi connectivity index (χ0) is 24.6. The summed E-state index contributed by atoms with van der Waals surface area (Å²) in [5.74, 6) is -0.243. The van der Waals surface area contributed by atoms with Crippen LogP contribution in [0.5, 0.6) is 0 Å².